The van der Waals surface area contributed by atoms with E-state index in [0.29, 0.717) is 0 Å². The van der Waals surface area contributed by atoms with Crippen molar-refractivity contribution in [2.75, 3.05) is 4.90 Å². The predicted molar refractivity (Wildman–Crippen MR) is 202 cm³/mol. The minimum Gasteiger partial charge on any atom is -0.456 e. The van der Waals surface area contributed by atoms with E-state index in [0.717, 1.165) is 50.5 Å². The van der Waals surface area contributed by atoms with Crippen molar-refractivity contribution < 1.29 is 4.42 Å². The number of hydrogen-bond acceptors (Lipinski definition) is 2. The number of anilines is 3. The SMILES string of the molecule is c1ccc(-c2ccccc2N(c2ccc(-c3ccccc3-c3cc4ccccc4o3)cc2)c2cc3ccccc3c3ccccc23)cc1. The first-order chi connectivity index (χ1) is 23.8. The molecule has 0 aliphatic carbocycles. The van der Waals surface area contributed by atoms with Crippen LogP contribution in [0.5, 0.6) is 0 Å². The monoisotopic (exact) mass is 613 g/mol. The first-order valence-corrected chi connectivity index (χ1v) is 16.4. The zero-order valence-electron chi connectivity index (χ0n) is 26.3. The molecular weight excluding hydrogens is 583 g/mol. The van der Waals surface area contributed by atoms with Crippen LogP contribution in [-0.4, -0.2) is 0 Å². The average Bonchev–Trinajstić information content (AvgIpc) is 3.60. The Bertz CT molecular complexity index is 2530. The summed E-state index contributed by atoms with van der Waals surface area (Å²) in [4.78, 5) is 2.42. The molecule has 1 heterocycles. The minimum atomic E-state index is 0.872. The summed E-state index contributed by atoms with van der Waals surface area (Å²) < 4.78 is 6.32. The van der Waals surface area contributed by atoms with Crippen LogP contribution in [0.25, 0.3) is 66.1 Å². The van der Waals surface area contributed by atoms with Gasteiger partial charge in [-0.25, -0.2) is 0 Å². The lowest BCUT2D eigenvalue weighted by molar-refractivity contribution is 0.632. The molecule has 2 nitrogen and oxygen atoms in total. The Labute approximate surface area is 279 Å². The quantitative estimate of drug-likeness (QED) is 0.174. The first kappa shape index (κ1) is 27.9. The molecule has 0 atom stereocenters. The van der Waals surface area contributed by atoms with Gasteiger partial charge in [-0.1, -0.05) is 152 Å². The van der Waals surface area contributed by atoms with Crippen molar-refractivity contribution in [2.45, 2.75) is 0 Å². The van der Waals surface area contributed by atoms with E-state index in [9.17, 15) is 0 Å². The van der Waals surface area contributed by atoms with E-state index in [2.05, 4.69) is 175 Å². The Morgan fingerprint density at radius 3 is 1.73 bits per heavy atom. The van der Waals surface area contributed by atoms with Crippen LogP contribution in [0.2, 0.25) is 0 Å². The first-order valence-electron chi connectivity index (χ1n) is 16.4. The van der Waals surface area contributed by atoms with Crippen molar-refractivity contribution in [1.82, 2.24) is 0 Å². The third kappa shape index (κ3) is 4.83. The number of rotatable bonds is 6. The van der Waals surface area contributed by atoms with Gasteiger partial charge >= 0.3 is 0 Å². The molecule has 0 spiro atoms. The molecule has 48 heavy (non-hydrogen) atoms. The number of nitrogens with zero attached hydrogens (tertiary/aromatic N) is 1. The lowest BCUT2D eigenvalue weighted by Crippen LogP contribution is -2.12. The Hall–Kier alpha value is -6.38. The summed E-state index contributed by atoms with van der Waals surface area (Å²) in [5.74, 6) is 0.872. The van der Waals surface area contributed by atoms with Crippen molar-refractivity contribution in [3.05, 3.63) is 188 Å². The predicted octanol–water partition coefficient (Wildman–Crippen LogP) is 13.2. The Kier molecular flexibility index (Phi) is 6.84. The second-order valence-corrected chi connectivity index (χ2v) is 12.1. The van der Waals surface area contributed by atoms with Crippen LogP contribution in [-0.2, 0) is 0 Å². The summed E-state index contributed by atoms with van der Waals surface area (Å²) in [6, 6.07) is 66.9. The number of furan rings is 1. The van der Waals surface area contributed by atoms with Crippen LogP contribution >= 0.6 is 0 Å². The zero-order valence-corrected chi connectivity index (χ0v) is 26.3. The molecule has 226 valence electrons. The van der Waals surface area contributed by atoms with Crippen LogP contribution in [0.15, 0.2) is 192 Å². The average molecular weight is 614 g/mol. The Morgan fingerprint density at radius 1 is 0.354 bits per heavy atom. The minimum absolute atomic E-state index is 0.872. The molecule has 8 aromatic carbocycles. The van der Waals surface area contributed by atoms with Crippen LogP contribution in [0, 0.1) is 0 Å². The van der Waals surface area contributed by atoms with E-state index in [1.165, 1.54) is 32.7 Å². The molecule has 1 aromatic heterocycles. The van der Waals surface area contributed by atoms with E-state index in [4.69, 9.17) is 4.42 Å². The van der Waals surface area contributed by atoms with Crippen LogP contribution in [0.4, 0.5) is 17.1 Å². The van der Waals surface area contributed by atoms with Gasteiger partial charge in [-0.2, -0.15) is 0 Å². The number of benzene rings is 8. The molecule has 9 rings (SSSR count). The normalized spacial score (nSPS) is 11.3. The van der Waals surface area contributed by atoms with Gasteiger partial charge in [0, 0.05) is 27.6 Å². The number of fused-ring (bicyclic) bond motifs is 4. The zero-order chi connectivity index (χ0) is 31.9. The van der Waals surface area contributed by atoms with Gasteiger partial charge in [0.25, 0.3) is 0 Å². The van der Waals surface area contributed by atoms with E-state index >= 15 is 0 Å². The molecule has 0 fully saturated rings. The van der Waals surface area contributed by atoms with Crippen LogP contribution in [0.1, 0.15) is 0 Å². The molecule has 0 unspecified atom stereocenters. The van der Waals surface area contributed by atoms with Gasteiger partial charge < -0.3 is 9.32 Å². The third-order valence-electron chi connectivity index (χ3n) is 9.27. The van der Waals surface area contributed by atoms with E-state index in [-0.39, 0.29) is 0 Å². The van der Waals surface area contributed by atoms with Crippen molar-refractivity contribution in [3.8, 4) is 33.6 Å². The second-order valence-electron chi connectivity index (χ2n) is 12.1. The smallest absolute Gasteiger partial charge is 0.136 e. The Balaban J connectivity index is 1.24. The van der Waals surface area contributed by atoms with E-state index in [1.54, 1.807) is 0 Å². The maximum atomic E-state index is 6.32. The van der Waals surface area contributed by atoms with Crippen molar-refractivity contribution in [2.24, 2.45) is 0 Å². The number of hydrogen-bond donors (Lipinski definition) is 0. The Morgan fingerprint density at radius 2 is 0.938 bits per heavy atom. The highest BCUT2D eigenvalue weighted by Gasteiger charge is 2.21. The molecule has 0 saturated heterocycles. The highest BCUT2D eigenvalue weighted by atomic mass is 16.3. The maximum absolute atomic E-state index is 6.32. The molecule has 0 amide bonds. The molecule has 0 N–H and O–H groups in total. The molecule has 0 aliphatic rings. The molecule has 0 bridgehead atoms. The van der Waals surface area contributed by atoms with Crippen molar-refractivity contribution in [3.63, 3.8) is 0 Å². The summed E-state index contributed by atoms with van der Waals surface area (Å²) in [6.07, 6.45) is 0. The lowest BCUT2D eigenvalue weighted by Gasteiger charge is -2.29. The molecule has 2 heteroatoms. The van der Waals surface area contributed by atoms with Crippen LogP contribution in [0.3, 0.4) is 0 Å². The highest BCUT2D eigenvalue weighted by molar-refractivity contribution is 6.15. The maximum Gasteiger partial charge on any atom is 0.136 e. The van der Waals surface area contributed by atoms with E-state index in [1.807, 2.05) is 18.2 Å². The summed E-state index contributed by atoms with van der Waals surface area (Å²) in [5.41, 5.74) is 9.95. The van der Waals surface area contributed by atoms with Crippen molar-refractivity contribution in [1.29, 1.82) is 0 Å². The fourth-order valence-electron chi connectivity index (χ4n) is 7.01. The topological polar surface area (TPSA) is 16.4 Å². The summed E-state index contributed by atoms with van der Waals surface area (Å²) in [7, 11) is 0. The molecule has 0 aliphatic heterocycles. The summed E-state index contributed by atoms with van der Waals surface area (Å²) in [6.45, 7) is 0. The van der Waals surface area contributed by atoms with Gasteiger partial charge in [-0.05, 0) is 69.2 Å². The van der Waals surface area contributed by atoms with Crippen LogP contribution < -0.4 is 4.90 Å². The van der Waals surface area contributed by atoms with Gasteiger partial charge in [0.15, 0.2) is 0 Å². The summed E-state index contributed by atoms with van der Waals surface area (Å²) >= 11 is 0. The molecule has 0 radical (unpaired) electrons. The largest absolute Gasteiger partial charge is 0.456 e. The van der Waals surface area contributed by atoms with Crippen molar-refractivity contribution >= 4 is 49.6 Å². The molecule has 9 aromatic rings. The van der Waals surface area contributed by atoms with Gasteiger partial charge in [0.2, 0.25) is 0 Å². The van der Waals surface area contributed by atoms with Gasteiger partial charge in [0.1, 0.15) is 11.3 Å². The van der Waals surface area contributed by atoms with Gasteiger partial charge in [0.05, 0.1) is 11.4 Å². The standard InChI is InChI=1S/C46H31NO/c1-2-14-32(15-3-1)39-20-11-12-24-43(39)47(44-30-34-16-4-6-19-38(34)40-21-8-9-22-41(40)44)36-28-26-33(27-29-36)37-18-7-10-23-42(37)46-31-35-17-5-13-25-45(35)48-46/h1-31H. The molecule has 0 saturated carbocycles. The second kappa shape index (κ2) is 11.8. The highest BCUT2D eigenvalue weighted by Crippen LogP contribution is 2.46. The van der Waals surface area contributed by atoms with E-state index < -0.39 is 0 Å². The van der Waals surface area contributed by atoms with Gasteiger partial charge in [-0.3, -0.25) is 0 Å². The van der Waals surface area contributed by atoms with Gasteiger partial charge in [-0.15, -0.1) is 0 Å². The third-order valence-corrected chi connectivity index (χ3v) is 9.27. The lowest BCUT2D eigenvalue weighted by atomic mass is 9.96. The number of para-hydroxylation sites is 2. The fourth-order valence-corrected chi connectivity index (χ4v) is 7.01. The molecular formula is C46H31NO. The summed E-state index contributed by atoms with van der Waals surface area (Å²) in [5, 5.41) is 6.02. The fraction of sp³-hybridized carbons (Fsp3) is 0.